The molecule has 2 bridgehead atoms. The molecule has 2 unspecified atom stereocenters. The first-order chi connectivity index (χ1) is 17.1. The summed E-state index contributed by atoms with van der Waals surface area (Å²) in [6.45, 7) is 4.04. The zero-order chi connectivity index (χ0) is 25.0. The standard InChI is InChI=1S/C26H28F3N5O2/c1-14-15(2)31-22-21(24-11-25(12-24,13-24)26(27,28)29)32-19(10-33(22)23(14)35)16-5-6-36-20(7-16)17-8-30-34(9-17)18-3-4-18/h8-10,16,18,20H,3-7,11-13H2,1-2H3. The molecular formula is C26H28F3N5O2. The molecule has 3 aromatic heterocycles. The Bertz CT molecular complexity index is 1430. The van der Waals surface area contributed by atoms with Crippen molar-refractivity contribution < 1.29 is 17.9 Å². The van der Waals surface area contributed by atoms with E-state index in [0.29, 0.717) is 41.7 Å². The van der Waals surface area contributed by atoms with Crippen LogP contribution in [0.2, 0.25) is 0 Å². The molecule has 2 atom stereocenters. The Morgan fingerprint density at radius 1 is 1.08 bits per heavy atom. The molecule has 4 heterocycles. The maximum absolute atomic E-state index is 13.6. The van der Waals surface area contributed by atoms with Crippen LogP contribution >= 0.6 is 0 Å². The van der Waals surface area contributed by atoms with E-state index >= 15 is 0 Å². The summed E-state index contributed by atoms with van der Waals surface area (Å²) in [6.07, 6.45) is 5.13. The monoisotopic (exact) mass is 499 g/mol. The van der Waals surface area contributed by atoms with E-state index in [2.05, 4.69) is 16.3 Å². The van der Waals surface area contributed by atoms with Crippen molar-refractivity contribution in [3.8, 4) is 0 Å². The number of fused-ring (bicyclic) bond motifs is 1. The average Bonchev–Trinajstić information content (AvgIpc) is 3.51. The van der Waals surface area contributed by atoms with Gasteiger partial charge in [-0.3, -0.25) is 18.9 Å². The molecule has 0 spiro atoms. The third-order valence-electron chi connectivity index (χ3n) is 9.05. The number of aromatic nitrogens is 5. The Hall–Kier alpha value is -2.75. The fraction of sp³-hybridized carbons (Fsp3) is 0.615. The molecule has 0 aromatic carbocycles. The van der Waals surface area contributed by atoms with E-state index in [4.69, 9.17) is 9.72 Å². The molecule has 0 radical (unpaired) electrons. The third kappa shape index (κ3) is 3.09. The topological polar surface area (TPSA) is 74.3 Å². The Kier molecular flexibility index (Phi) is 4.47. The Morgan fingerprint density at radius 3 is 2.53 bits per heavy atom. The number of nitrogens with zero attached hydrogens (tertiary/aromatic N) is 5. The van der Waals surface area contributed by atoms with Gasteiger partial charge in [0, 0.05) is 47.2 Å². The van der Waals surface area contributed by atoms with E-state index < -0.39 is 17.0 Å². The predicted octanol–water partition coefficient (Wildman–Crippen LogP) is 4.86. The van der Waals surface area contributed by atoms with Gasteiger partial charge in [0.15, 0.2) is 5.65 Å². The van der Waals surface area contributed by atoms with Crippen molar-refractivity contribution in [2.24, 2.45) is 5.41 Å². The van der Waals surface area contributed by atoms with Gasteiger partial charge in [0.05, 0.1) is 35.1 Å². The summed E-state index contributed by atoms with van der Waals surface area (Å²) in [4.78, 5) is 22.9. The van der Waals surface area contributed by atoms with E-state index in [1.165, 1.54) is 4.40 Å². The highest BCUT2D eigenvalue weighted by Crippen LogP contribution is 2.78. The summed E-state index contributed by atoms with van der Waals surface area (Å²) in [5.74, 6) is 0.0219. The number of rotatable bonds is 4. The third-order valence-corrected chi connectivity index (χ3v) is 9.05. The van der Waals surface area contributed by atoms with Crippen LogP contribution in [0.15, 0.2) is 23.4 Å². The van der Waals surface area contributed by atoms with Crippen LogP contribution in [0.3, 0.4) is 0 Å². The number of halogens is 3. The minimum absolute atomic E-state index is 0.0219. The SMILES string of the molecule is Cc1nc2c(C34CC(C(F)(F)F)(C3)C4)nc(C3CCOC(c4cnn(C5CC5)c4)C3)cn2c(=O)c1C. The average molecular weight is 500 g/mol. The lowest BCUT2D eigenvalue weighted by atomic mass is 9.34. The molecule has 36 heavy (non-hydrogen) atoms. The van der Waals surface area contributed by atoms with E-state index in [1.807, 2.05) is 10.9 Å². The minimum atomic E-state index is -4.21. The molecule has 3 aromatic rings. The highest BCUT2D eigenvalue weighted by Gasteiger charge is 2.79. The lowest BCUT2D eigenvalue weighted by Crippen LogP contribution is -2.70. The van der Waals surface area contributed by atoms with Gasteiger partial charge >= 0.3 is 6.18 Å². The fourth-order valence-electron chi connectivity index (χ4n) is 6.60. The molecule has 8 rings (SSSR count). The first-order valence-corrected chi connectivity index (χ1v) is 12.7. The van der Waals surface area contributed by atoms with Crippen molar-refractivity contribution in [3.63, 3.8) is 0 Å². The van der Waals surface area contributed by atoms with E-state index in [0.717, 1.165) is 30.5 Å². The smallest absolute Gasteiger partial charge is 0.373 e. The van der Waals surface area contributed by atoms with E-state index in [9.17, 15) is 18.0 Å². The van der Waals surface area contributed by atoms with Crippen molar-refractivity contribution >= 4 is 5.65 Å². The van der Waals surface area contributed by atoms with Crippen LogP contribution in [0, 0.1) is 19.3 Å². The molecule has 0 N–H and O–H groups in total. The van der Waals surface area contributed by atoms with Gasteiger partial charge in [-0.25, -0.2) is 4.98 Å². The summed E-state index contributed by atoms with van der Waals surface area (Å²) in [5, 5.41) is 4.49. The molecule has 5 fully saturated rings. The maximum Gasteiger partial charge on any atom is 0.394 e. The van der Waals surface area contributed by atoms with Gasteiger partial charge in [-0.05, 0) is 58.8 Å². The summed E-state index contributed by atoms with van der Waals surface area (Å²) in [6, 6.07) is 0.488. The van der Waals surface area contributed by atoms with E-state index in [1.54, 1.807) is 20.0 Å². The predicted molar refractivity (Wildman–Crippen MR) is 124 cm³/mol. The summed E-state index contributed by atoms with van der Waals surface area (Å²) in [7, 11) is 0. The Morgan fingerprint density at radius 2 is 1.83 bits per heavy atom. The van der Waals surface area contributed by atoms with Crippen molar-refractivity contribution in [2.45, 2.75) is 88.4 Å². The summed E-state index contributed by atoms with van der Waals surface area (Å²) < 4.78 is 50.5. The molecule has 10 heteroatoms. The molecule has 4 aliphatic carbocycles. The Balaban J connectivity index is 1.27. The lowest BCUT2D eigenvalue weighted by Gasteiger charge is -2.70. The van der Waals surface area contributed by atoms with Gasteiger partial charge in [-0.15, -0.1) is 0 Å². The number of ether oxygens (including phenoxy) is 1. The van der Waals surface area contributed by atoms with Crippen molar-refractivity contribution in [1.29, 1.82) is 0 Å². The van der Waals surface area contributed by atoms with Crippen LogP contribution in [-0.2, 0) is 10.2 Å². The highest BCUT2D eigenvalue weighted by atomic mass is 19.4. The van der Waals surface area contributed by atoms with Crippen LogP contribution in [-0.4, -0.2) is 36.9 Å². The fourth-order valence-corrected chi connectivity index (χ4v) is 6.60. The van der Waals surface area contributed by atoms with Crippen LogP contribution in [0.4, 0.5) is 13.2 Å². The molecule has 1 saturated heterocycles. The first-order valence-electron chi connectivity index (χ1n) is 12.7. The van der Waals surface area contributed by atoms with Gasteiger partial charge in [0.2, 0.25) is 0 Å². The van der Waals surface area contributed by atoms with Gasteiger partial charge in [-0.2, -0.15) is 18.3 Å². The number of hydrogen-bond acceptors (Lipinski definition) is 5. The van der Waals surface area contributed by atoms with Gasteiger partial charge in [-0.1, -0.05) is 0 Å². The zero-order valence-electron chi connectivity index (χ0n) is 20.3. The highest BCUT2D eigenvalue weighted by molar-refractivity contribution is 5.54. The molecule has 190 valence electrons. The molecule has 0 amide bonds. The van der Waals surface area contributed by atoms with Crippen molar-refractivity contribution in [2.75, 3.05) is 6.61 Å². The summed E-state index contributed by atoms with van der Waals surface area (Å²) in [5.41, 5.74) is 1.40. The second-order valence-electron chi connectivity index (χ2n) is 11.5. The van der Waals surface area contributed by atoms with E-state index in [-0.39, 0.29) is 36.8 Å². The van der Waals surface area contributed by atoms with Crippen LogP contribution in [0.1, 0.15) is 91.2 Å². The van der Waals surface area contributed by atoms with Crippen molar-refractivity contribution in [1.82, 2.24) is 24.1 Å². The number of aryl methyl sites for hydroxylation is 1. The first kappa shape index (κ1) is 22.4. The molecule has 7 nitrogen and oxygen atoms in total. The maximum atomic E-state index is 13.6. The van der Waals surface area contributed by atoms with Crippen molar-refractivity contribution in [3.05, 3.63) is 57.2 Å². The van der Waals surface area contributed by atoms with Gasteiger partial charge in [0.1, 0.15) is 0 Å². The quantitative estimate of drug-likeness (QED) is 0.513. The molecule has 4 saturated carbocycles. The zero-order valence-corrected chi connectivity index (χ0v) is 20.3. The molecule has 5 aliphatic rings. The second kappa shape index (κ2) is 7.18. The van der Waals surface area contributed by atoms with Crippen LogP contribution in [0.5, 0.6) is 0 Å². The lowest BCUT2D eigenvalue weighted by molar-refractivity contribution is -0.337. The molecular weight excluding hydrogens is 471 g/mol. The molecule has 1 aliphatic heterocycles. The van der Waals surface area contributed by atoms with Gasteiger partial charge < -0.3 is 4.74 Å². The number of alkyl halides is 3. The minimum Gasteiger partial charge on any atom is -0.373 e. The van der Waals surface area contributed by atoms with Crippen LogP contribution in [0.25, 0.3) is 5.65 Å². The van der Waals surface area contributed by atoms with Gasteiger partial charge in [0.25, 0.3) is 5.56 Å². The normalized spacial score (nSPS) is 31.8. The summed E-state index contributed by atoms with van der Waals surface area (Å²) >= 11 is 0. The Labute approximate surface area is 205 Å². The largest absolute Gasteiger partial charge is 0.394 e. The second-order valence-corrected chi connectivity index (χ2v) is 11.5. The number of hydrogen-bond donors (Lipinski definition) is 0. The van der Waals surface area contributed by atoms with Crippen LogP contribution < -0.4 is 5.56 Å².